The first-order chi connectivity index (χ1) is 16.5. The van der Waals surface area contributed by atoms with Crippen LogP contribution in [0.4, 0.5) is 0 Å². The van der Waals surface area contributed by atoms with Gasteiger partial charge in [-0.05, 0) is 44.3 Å². The van der Waals surface area contributed by atoms with E-state index < -0.39 is 8.60 Å². The number of hydrogen-bond donors (Lipinski definition) is 0. The van der Waals surface area contributed by atoms with Gasteiger partial charge in [0.25, 0.3) is 0 Å². The van der Waals surface area contributed by atoms with Crippen molar-refractivity contribution >= 4 is 8.60 Å². The molecular formula is C33H51O3P. The second-order valence-electron chi connectivity index (χ2n) is 15.8. The third-order valence-corrected chi connectivity index (χ3v) is 8.07. The summed E-state index contributed by atoms with van der Waals surface area (Å²) in [5.74, 6) is 1.84. The molecule has 0 bridgehead atoms. The van der Waals surface area contributed by atoms with Gasteiger partial charge in [0.05, 0.1) is 6.61 Å². The van der Waals surface area contributed by atoms with E-state index in [0.717, 1.165) is 17.1 Å². The van der Waals surface area contributed by atoms with Gasteiger partial charge in [-0.2, -0.15) is 0 Å². The van der Waals surface area contributed by atoms with E-state index in [9.17, 15) is 0 Å². The largest absolute Gasteiger partial charge is 0.463 e. The summed E-state index contributed by atoms with van der Waals surface area (Å²) in [6.45, 7) is 34.3. The quantitative estimate of drug-likeness (QED) is 0.364. The number of hydrogen-bond acceptors (Lipinski definition) is 3. The second-order valence-corrected chi connectivity index (χ2v) is 16.9. The molecule has 2 aromatic rings. The van der Waals surface area contributed by atoms with Crippen molar-refractivity contribution in [1.82, 2.24) is 0 Å². The third kappa shape index (κ3) is 6.72. The molecule has 1 aliphatic heterocycles. The molecule has 0 N–H and O–H groups in total. The molecule has 3 rings (SSSR count). The van der Waals surface area contributed by atoms with Crippen LogP contribution in [-0.2, 0) is 38.2 Å². The average Bonchev–Trinajstić information content (AvgIpc) is 2.69. The Morgan fingerprint density at radius 1 is 0.568 bits per heavy atom. The van der Waals surface area contributed by atoms with Crippen molar-refractivity contribution in [1.29, 1.82) is 0 Å². The zero-order valence-corrected chi connectivity index (χ0v) is 27.1. The lowest BCUT2D eigenvalue weighted by molar-refractivity contribution is 0.228. The third-order valence-electron chi connectivity index (χ3n) is 7.07. The Labute approximate surface area is 228 Å². The summed E-state index contributed by atoms with van der Waals surface area (Å²) in [4.78, 5) is 0. The Morgan fingerprint density at radius 2 is 0.973 bits per heavy atom. The average molecular weight is 527 g/mol. The van der Waals surface area contributed by atoms with Gasteiger partial charge in [-0.15, -0.1) is 0 Å². The van der Waals surface area contributed by atoms with Crippen molar-refractivity contribution in [2.24, 2.45) is 0 Å². The van der Waals surface area contributed by atoms with Crippen molar-refractivity contribution in [3.8, 4) is 11.5 Å². The maximum atomic E-state index is 6.78. The zero-order valence-electron chi connectivity index (χ0n) is 26.2. The van der Waals surface area contributed by atoms with Gasteiger partial charge < -0.3 is 9.05 Å². The summed E-state index contributed by atoms with van der Waals surface area (Å²) in [6.07, 6.45) is 0. The minimum atomic E-state index is -1.60. The summed E-state index contributed by atoms with van der Waals surface area (Å²) in [5.41, 5.74) is 7.16. The van der Waals surface area contributed by atoms with Gasteiger partial charge in [-0.3, -0.25) is 4.52 Å². The molecule has 0 saturated carbocycles. The van der Waals surface area contributed by atoms with Crippen LogP contribution in [0.15, 0.2) is 24.3 Å². The van der Waals surface area contributed by atoms with Crippen LogP contribution in [0.25, 0.3) is 0 Å². The highest BCUT2D eigenvalue weighted by atomic mass is 31.2. The standard InChI is InChI=1S/C33H51O3P/c1-29(2,3)22-16-21-20-34-37(35-27(21)24(17-22)31(7,8)9)36-28-25(32(10,11)12)18-23(30(4,5)6)19-26(28)33(13,14)15/h16-19H,20H2,1-15H3. The summed E-state index contributed by atoms with van der Waals surface area (Å²) < 4.78 is 19.7. The van der Waals surface area contributed by atoms with Crippen molar-refractivity contribution in [2.45, 2.75) is 138 Å². The molecule has 1 aliphatic rings. The first-order valence-electron chi connectivity index (χ1n) is 13.7. The molecule has 0 radical (unpaired) electrons. The molecule has 0 amide bonds. The molecule has 206 valence electrons. The first-order valence-corrected chi connectivity index (χ1v) is 14.8. The molecular weight excluding hydrogens is 475 g/mol. The van der Waals surface area contributed by atoms with Gasteiger partial charge in [0.2, 0.25) is 0 Å². The Kier molecular flexibility index (Phi) is 7.75. The predicted molar refractivity (Wildman–Crippen MR) is 159 cm³/mol. The maximum absolute atomic E-state index is 6.78. The molecule has 0 fully saturated rings. The molecule has 37 heavy (non-hydrogen) atoms. The Bertz CT molecular complexity index is 1110. The highest BCUT2D eigenvalue weighted by Crippen LogP contribution is 2.54. The summed E-state index contributed by atoms with van der Waals surface area (Å²) in [6, 6.07) is 9.22. The minimum Gasteiger partial charge on any atom is -0.417 e. The predicted octanol–water partition coefficient (Wildman–Crippen LogP) is 10.4. The molecule has 0 aromatic heterocycles. The van der Waals surface area contributed by atoms with Crippen LogP contribution in [0.3, 0.4) is 0 Å². The Hall–Kier alpha value is -1.57. The molecule has 0 spiro atoms. The smallest absolute Gasteiger partial charge is 0.417 e. The zero-order chi connectivity index (χ0) is 28.4. The lowest BCUT2D eigenvalue weighted by atomic mass is 9.75. The molecule has 4 heteroatoms. The normalized spacial score (nSPS) is 17.3. The van der Waals surface area contributed by atoms with E-state index >= 15 is 0 Å². The number of benzene rings is 2. The van der Waals surface area contributed by atoms with Gasteiger partial charge in [0, 0.05) is 22.3 Å². The molecule has 1 unspecified atom stereocenters. The van der Waals surface area contributed by atoms with Crippen molar-refractivity contribution in [3.05, 3.63) is 57.6 Å². The fourth-order valence-electron chi connectivity index (χ4n) is 4.51. The van der Waals surface area contributed by atoms with E-state index in [0.29, 0.717) is 6.61 Å². The van der Waals surface area contributed by atoms with E-state index in [2.05, 4.69) is 128 Å². The maximum Gasteiger partial charge on any atom is 0.463 e. The SMILES string of the molecule is CC(C)(C)c1cc2c(c(C(C)(C)C)c1)OP(Oc1c(C(C)(C)C)cc(C(C)(C)C)cc1C(C)(C)C)OC2. The van der Waals surface area contributed by atoms with Crippen molar-refractivity contribution < 1.29 is 13.6 Å². The highest BCUT2D eigenvalue weighted by molar-refractivity contribution is 7.42. The van der Waals surface area contributed by atoms with Crippen LogP contribution < -0.4 is 9.05 Å². The lowest BCUT2D eigenvalue weighted by Gasteiger charge is -2.35. The molecule has 1 heterocycles. The van der Waals surface area contributed by atoms with Gasteiger partial charge in [0.1, 0.15) is 11.5 Å². The highest BCUT2D eigenvalue weighted by Gasteiger charge is 2.36. The number of rotatable bonds is 2. The van der Waals surface area contributed by atoms with Crippen LogP contribution in [0.2, 0.25) is 0 Å². The molecule has 1 atom stereocenters. The van der Waals surface area contributed by atoms with Gasteiger partial charge >= 0.3 is 8.60 Å². The molecule has 0 saturated heterocycles. The van der Waals surface area contributed by atoms with Crippen LogP contribution >= 0.6 is 8.60 Å². The van der Waals surface area contributed by atoms with Crippen LogP contribution in [0.5, 0.6) is 11.5 Å². The fraction of sp³-hybridized carbons (Fsp3) is 0.636. The second kappa shape index (κ2) is 9.56. The van der Waals surface area contributed by atoms with Crippen LogP contribution in [0, 0.1) is 0 Å². The number of fused-ring (bicyclic) bond motifs is 1. The van der Waals surface area contributed by atoms with Crippen molar-refractivity contribution in [3.63, 3.8) is 0 Å². The van der Waals surface area contributed by atoms with Gasteiger partial charge in [0.15, 0.2) is 0 Å². The van der Waals surface area contributed by atoms with Gasteiger partial charge in [-0.25, -0.2) is 0 Å². The topological polar surface area (TPSA) is 27.7 Å². The Balaban J connectivity index is 2.14. The monoisotopic (exact) mass is 526 g/mol. The van der Waals surface area contributed by atoms with Crippen LogP contribution in [-0.4, -0.2) is 0 Å². The molecule has 3 nitrogen and oxygen atoms in total. The van der Waals surface area contributed by atoms with E-state index in [1.165, 1.54) is 27.8 Å². The van der Waals surface area contributed by atoms with E-state index in [4.69, 9.17) is 13.6 Å². The van der Waals surface area contributed by atoms with Crippen molar-refractivity contribution in [2.75, 3.05) is 0 Å². The lowest BCUT2D eigenvalue weighted by Crippen LogP contribution is -2.24. The van der Waals surface area contributed by atoms with E-state index in [1.54, 1.807) is 0 Å². The summed E-state index contributed by atoms with van der Waals surface area (Å²) in [7, 11) is -1.60. The summed E-state index contributed by atoms with van der Waals surface area (Å²) in [5, 5.41) is 0. The van der Waals surface area contributed by atoms with Gasteiger partial charge in [-0.1, -0.05) is 122 Å². The molecule has 0 aliphatic carbocycles. The van der Waals surface area contributed by atoms with E-state index in [1.807, 2.05) is 0 Å². The fourth-order valence-corrected chi connectivity index (χ4v) is 5.61. The van der Waals surface area contributed by atoms with E-state index in [-0.39, 0.29) is 27.1 Å². The minimum absolute atomic E-state index is 0.0347. The first kappa shape index (κ1) is 30.0. The Morgan fingerprint density at radius 3 is 1.38 bits per heavy atom. The molecule has 2 aromatic carbocycles. The van der Waals surface area contributed by atoms with Crippen LogP contribution in [0.1, 0.15) is 137 Å². The summed E-state index contributed by atoms with van der Waals surface area (Å²) >= 11 is 0.